The van der Waals surface area contributed by atoms with Gasteiger partial charge in [-0.15, -0.1) is 0 Å². The van der Waals surface area contributed by atoms with Crippen molar-refractivity contribution < 1.29 is 4.74 Å². The Labute approximate surface area is 119 Å². The zero-order chi connectivity index (χ0) is 13.6. The summed E-state index contributed by atoms with van der Waals surface area (Å²) in [6.45, 7) is 3.06. The first-order chi connectivity index (χ1) is 9.92. The molecule has 0 radical (unpaired) electrons. The summed E-state index contributed by atoms with van der Waals surface area (Å²) in [6.07, 6.45) is 0. The summed E-state index contributed by atoms with van der Waals surface area (Å²) < 4.78 is 5.76. The zero-order valence-corrected chi connectivity index (χ0v) is 11.4. The van der Waals surface area contributed by atoms with Crippen LogP contribution in [0.3, 0.4) is 0 Å². The molecule has 3 nitrogen and oxygen atoms in total. The lowest BCUT2D eigenvalue weighted by molar-refractivity contribution is 0.107. The predicted molar refractivity (Wildman–Crippen MR) is 80.8 cm³/mol. The molecule has 1 aliphatic heterocycles. The van der Waals surface area contributed by atoms with Gasteiger partial charge in [-0.3, -0.25) is 4.99 Å². The van der Waals surface area contributed by atoms with E-state index in [1.54, 1.807) is 0 Å². The molecule has 0 saturated carbocycles. The topological polar surface area (TPSA) is 33.6 Å². The number of ether oxygens (including phenoxy) is 1. The van der Waals surface area contributed by atoms with Crippen molar-refractivity contribution in [1.82, 2.24) is 5.32 Å². The number of hydrogen-bond donors (Lipinski definition) is 1. The van der Waals surface area contributed by atoms with Gasteiger partial charge in [-0.05, 0) is 17.2 Å². The molecule has 0 aliphatic carbocycles. The Bertz CT molecular complexity index is 593. The molecule has 0 atom stereocenters. The SMILES string of the molecule is c1ccc(COCc2cccc(C3=NCCN3)c2)cc1. The van der Waals surface area contributed by atoms with Crippen molar-refractivity contribution in [3.63, 3.8) is 0 Å². The number of rotatable bonds is 5. The average molecular weight is 266 g/mol. The van der Waals surface area contributed by atoms with Crippen LogP contribution in [0.2, 0.25) is 0 Å². The van der Waals surface area contributed by atoms with Crippen molar-refractivity contribution in [2.75, 3.05) is 13.1 Å². The normalized spacial score (nSPS) is 13.9. The lowest BCUT2D eigenvalue weighted by atomic mass is 10.1. The quantitative estimate of drug-likeness (QED) is 0.902. The summed E-state index contributed by atoms with van der Waals surface area (Å²) in [4.78, 5) is 4.44. The lowest BCUT2D eigenvalue weighted by Crippen LogP contribution is -2.19. The van der Waals surface area contributed by atoms with Crippen molar-refractivity contribution in [3.05, 3.63) is 71.3 Å². The molecule has 1 heterocycles. The first-order valence-corrected chi connectivity index (χ1v) is 6.91. The van der Waals surface area contributed by atoms with E-state index in [4.69, 9.17) is 4.74 Å². The molecule has 3 heteroatoms. The van der Waals surface area contributed by atoms with Crippen molar-refractivity contribution in [3.8, 4) is 0 Å². The Morgan fingerprint density at radius 2 is 1.75 bits per heavy atom. The van der Waals surface area contributed by atoms with Crippen LogP contribution in [0.1, 0.15) is 16.7 Å². The summed E-state index contributed by atoms with van der Waals surface area (Å²) in [5.74, 6) is 0.995. The minimum Gasteiger partial charge on any atom is -0.372 e. The minimum atomic E-state index is 0.621. The van der Waals surface area contributed by atoms with Crippen molar-refractivity contribution >= 4 is 5.84 Å². The third kappa shape index (κ3) is 3.25. The van der Waals surface area contributed by atoms with Crippen LogP contribution < -0.4 is 5.32 Å². The third-order valence-electron chi connectivity index (χ3n) is 3.25. The van der Waals surface area contributed by atoms with Gasteiger partial charge >= 0.3 is 0 Å². The van der Waals surface area contributed by atoms with Gasteiger partial charge in [0.25, 0.3) is 0 Å². The summed E-state index contributed by atoms with van der Waals surface area (Å²) >= 11 is 0. The van der Waals surface area contributed by atoms with Crippen LogP contribution in [0, 0.1) is 0 Å². The molecule has 0 fully saturated rings. The summed E-state index contributed by atoms with van der Waals surface area (Å²) in [7, 11) is 0. The standard InChI is InChI=1S/C17H18N2O/c1-2-5-14(6-3-1)12-20-13-15-7-4-8-16(11-15)17-18-9-10-19-17/h1-8,11H,9-10,12-13H2,(H,18,19). The molecule has 3 rings (SSSR count). The number of nitrogens with one attached hydrogen (secondary N) is 1. The molecule has 20 heavy (non-hydrogen) atoms. The van der Waals surface area contributed by atoms with Gasteiger partial charge in [0.2, 0.25) is 0 Å². The van der Waals surface area contributed by atoms with Crippen LogP contribution >= 0.6 is 0 Å². The molecular weight excluding hydrogens is 248 g/mol. The van der Waals surface area contributed by atoms with Crippen molar-refractivity contribution in [2.45, 2.75) is 13.2 Å². The van der Waals surface area contributed by atoms with E-state index in [1.807, 2.05) is 18.2 Å². The average Bonchev–Trinajstić information content (AvgIpc) is 3.03. The third-order valence-corrected chi connectivity index (χ3v) is 3.25. The first kappa shape index (κ1) is 12.9. The van der Waals surface area contributed by atoms with E-state index in [0.29, 0.717) is 13.2 Å². The van der Waals surface area contributed by atoms with E-state index < -0.39 is 0 Å². The van der Waals surface area contributed by atoms with Crippen LogP contribution in [0.4, 0.5) is 0 Å². The fourth-order valence-electron chi connectivity index (χ4n) is 2.26. The Morgan fingerprint density at radius 3 is 2.55 bits per heavy atom. The van der Waals surface area contributed by atoms with Gasteiger partial charge in [0.05, 0.1) is 19.8 Å². The smallest absolute Gasteiger partial charge is 0.128 e. The fourth-order valence-corrected chi connectivity index (χ4v) is 2.26. The molecule has 0 amide bonds. The fraction of sp³-hybridized carbons (Fsp3) is 0.235. The number of hydrogen-bond acceptors (Lipinski definition) is 3. The maximum atomic E-state index is 5.76. The highest BCUT2D eigenvalue weighted by atomic mass is 16.5. The Balaban J connectivity index is 1.59. The molecule has 0 aromatic heterocycles. The van der Waals surface area contributed by atoms with Gasteiger partial charge in [-0.1, -0.05) is 48.5 Å². The largest absolute Gasteiger partial charge is 0.372 e. The highest BCUT2D eigenvalue weighted by Gasteiger charge is 2.08. The van der Waals surface area contributed by atoms with Crippen LogP contribution in [0.5, 0.6) is 0 Å². The lowest BCUT2D eigenvalue weighted by Gasteiger charge is -2.07. The Hall–Kier alpha value is -2.13. The van der Waals surface area contributed by atoms with Gasteiger partial charge in [-0.25, -0.2) is 0 Å². The molecule has 0 bridgehead atoms. The molecule has 0 spiro atoms. The van der Waals surface area contributed by atoms with E-state index in [1.165, 1.54) is 11.1 Å². The van der Waals surface area contributed by atoms with E-state index in [-0.39, 0.29) is 0 Å². The van der Waals surface area contributed by atoms with E-state index in [2.05, 4.69) is 46.7 Å². The Kier molecular flexibility index (Phi) is 4.09. The summed E-state index contributed by atoms with van der Waals surface area (Å²) in [5.41, 5.74) is 3.52. The van der Waals surface area contributed by atoms with Crippen LogP contribution in [0.15, 0.2) is 59.6 Å². The number of nitrogens with zero attached hydrogens (tertiary/aromatic N) is 1. The molecule has 2 aromatic rings. The number of amidine groups is 1. The molecular formula is C17H18N2O. The zero-order valence-electron chi connectivity index (χ0n) is 11.4. The molecule has 2 aromatic carbocycles. The maximum absolute atomic E-state index is 5.76. The van der Waals surface area contributed by atoms with Gasteiger partial charge < -0.3 is 10.1 Å². The predicted octanol–water partition coefficient (Wildman–Crippen LogP) is 2.75. The second-order valence-electron chi connectivity index (χ2n) is 4.84. The highest BCUT2D eigenvalue weighted by molar-refractivity contribution is 5.99. The van der Waals surface area contributed by atoms with Crippen LogP contribution in [0.25, 0.3) is 0 Å². The monoisotopic (exact) mass is 266 g/mol. The Morgan fingerprint density at radius 1 is 0.950 bits per heavy atom. The highest BCUT2D eigenvalue weighted by Crippen LogP contribution is 2.10. The van der Waals surface area contributed by atoms with Crippen LogP contribution in [-0.2, 0) is 18.0 Å². The number of benzene rings is 2. The molecule has 1 N–H and O–H groups in total. The molecule has 102 valence electrons. The minimum absolute atomic E-state index is 0.621. The first-order valence-electron chi connectivity index (χ1n) is 6.91. The van der Waals surface area contributed by atoms with E-state index >= 15 is 0 Å². The summed E-state index contributed by atoms with van der Waals surface area (Å²) in [5, 5.41) is 3.29. The maximum Gasteiger partial charge on any atom is 0.128 e. The molecule has 1 aliphatic rings. The van der Waals surface area contributed by atoms with Gasteiger partial charge in [0.15, 0.2) is 0 Å². The van der Waals surface area contributed by atoms with E-state index in [0.717, 1.165) is 24.5 Å². The second-order valence-corrected chi connectivity index (χ2v) is 4.84. The van der Waals surface area contributed by atoms with Gasteiger partial charge in [0.1, 0.15) is 5.84 Å². The number of aliphatic imine (C=N–C) groups is 1. The van der Waals surface area contributed by atoms with Crippen molar-refractivity contribution in [1.29, 1.82) is 0 Å². The van der Waals surface area contributed by atoms with Crippen molar-refractivity contribution in [2.24, 2.45) is 4.99 Å². The van der Waals surface area contributed by atoms with Crippen LogP contribution in [-0.4, -0.2) is 18.9 Å². The molecule has 0 unspecified atom stereocenters. The van der Waals surface area contributed by atoms with E-state index in [9.17, 15) is 0 Å². The van der Waals surface area contributed by atoms with Gasteiger partial charge in [-0.2, -0.15) is 0 Å². The van der Waals surface area contributed by atoms with Gasteiger partial charge in [0, 0.05) is 12.1 Å². The molecule has 0 saturated heterocycles. The second kappa shape index (κ2) is 6.35. The summed E-state index contributed by atoms with van der Waals surface area (Å²) in [6, 6.07) is 18.6.